The van der Waals surface area contributed by atoms with Crippen molar-refractivity contribution in [1.82, 2.24) is 0 Å². The van der Waals surface area contributed by atoms with E-state index in [4.69, 9.17) is 28.4 Å². The van der Waals surface area contributed by atoms with Crippen molar-refractivity contribution in [3.63, 3.8) is 0 Å². The van der Waals surface area contributed by atoms with Crippen molar-refractivity contribution in [2.24, 2.45) is 34.5 Å². The molecule has 3 heterocycles. The Labute approximate surface area is 321 Å². The predicted molar refractivity (Wildman–Crippen MR) is 188 cm³/mol. The first kappa shape index (κ1) is 42.0. The summed E-state index contributed by atoms with van der Waals surface area (Å²) >= 11 is 0. The molecule has 0 aromatic carbocycles. The Morgan fingerprint density at radius 1 is 0.709 bits per heavy atom. The van der Waals surface area contributed by atoms with Crippen LogP contribution in [0.1, 0.15) is 79.1 Å². The Morgan fingerprint density at radius 3 is 2.02 bits per heavy atom. The molecule has 0 aromatic rings. The molecule has 7 rings (SSSR count). The minimum Gasteiger partial charge on any atom is -0.394 e. The van der Waals surface area contributed by atoms with Gasteiger partial charge < -0.3 is 74.4 Å². The lowest BCUT2D eigenvalue weighted by molar-refractivity contribution is -0.391. The summed E-state index contributed by atoms with van der Waals surface area (Å²) in [4.78, 5) is 12.6. The smallest absolute Gasteiger partial charge is 0.187 e. The molecule has 3 aliphatic heterocycles. The standard InChI is InChI=1S/C39H62O16/c1-16(42)21-7-8-22-20-6-5-18-13-19(9-11-38(18,3)23(20)10-12-39(21,22)4)51-37-34(55-36-31(48)29(46)27(44)24(14-40)52-36)32(49)33(25(15-41)53-37)54-35-30(47)28(45)26(43)17(2)50-35/h7,17-20,22-37,40-41,43-49H,5-6,8-15H2,1-4H3/t17-,18?,19?,20?,22?,23?,24+,25+,26-,27+,28+,29-,30+,31+,32-,33+,34+,35-,36-,37+,38?,39?/m0/s1. The zero-order valence-electron chi connectivity index (χ0n) is 32.1. The minimum absolute atomic E-state index is 0.0604. The first-order valence-electron chi connectivity index (χ1n) is 20.2. The number of fused-ring (bicyclic) bond motifs is 5. The number of hydrogen-bond donors (Lipinski definition) is 9. The third-order valence-corrected chi connectivity index (χ3v) is 14.9. The molecule has 314 valence electrons. The molecule has 3 saturated carbocycles. The maximum atomic E-state index is 12.6. The molecule has 3 saturated heterocycles. The molecule has 0 bridgehead atoms. The van der Waals surface area contributed by atoms with Gasteiger partial charge in [-0.3, -0.25) is 4.79 Å². The number of allylic oxidation sites excluding steroid dienone is 2. The van der Waals surface area contributed by atoms with E-state index < -0.39 is 105 Å². The van der Waals surface area contributed by atoms with Crippen LogP contribution in [0.25, 0.3) is 0 Å². The van der Waals surface area contributed by atoms with Crippen LogP contribution >= 0.6 is 0 Å². The summed E-state index contributed by atoms with van der Waals surface area (Å²) in [7, 11) is 0. The van der Waals surface area contributed by atoms with Crippen molar-refractivity contribution in [3.8, 4) is 0 Å². The van der Waals surface area contributed by atoms with E-state index in [0.29, 0.717) is 36.5 Å². The maximum Gasteiger partial charge on any atom is 0.187 e. The lowest BCUT2D eigenvalue weighted by Gasteiger charge is -2.61. The van der Waals surface area contributed by atoms with Crippen LogP contribution in [0.3, 0.4) is 0 Å². The fraction of sp³-hybridized carbons (Fsp3) is 0.923. The Hall–Kier alpha value is -1.19. The number of carbonyl (C=O) groups is 1. The second kappa shape index (κ2) is 16.1. The number of aliphatic hydroxyl groups is 9. The molecule has 4 aliphatic carbocycles. The van der Waals surface area contributed by atoms with Crippen molar-refractivity contribution in [1.29, 1.82) is 0 Å². The second-order valence-corrected chi connectivity index (χ2v) is 17.9. The van der Waals surface area contributed by atoms with Gasteiger partial charge >= 0.3 is 0 Å². The van der Waals surface area contributed by atoms with Gasteiger partial charge in [-0.05, 0) is 105 Å². The molecule has 6 fully saturated rings. The Bertz CT molecular complexity index is 1400. The van der Waals surface area contributed by atoms with E-state index in [1.807, 2.05) is 0 Å². The van der Waals surface area contributed by atoms with Crippen LogP contribution in [-0.2, 0) is 33.2 Å². The third-order valence-electron chi connectivity index (χ3n) is 14.9. The molecule has 22 atom stereocenters. The van der Waals surface area contributed by atoms with Crippen LogP contribution in [0.4, 0.5) is 0 Å². The van der Waals surface area contributed by atoms with Crippen molar-refractivity contribution >= 4 is 5.78 Å². The fourth-order valence-corrected chi connectivity index (χ4v) is 11.7. The van der Waals surface area contributed by atoms with Crippen LogP contribution in [-0.4, -0.2) is 163 Å². The van der Waals surface area contributed by atoms with E-state index in [1.54, 1.807) is 6.92 Å². The molecule has 16 heteroatoms. The molecule has 0 radical (unpaired) electrons. The van der Waals surface area contributed by atoms with Gasteiger partial charge in [0.15, 0.2) is 24.7 Å². The van der Waals surface area contributed by atoms with E-state index in [-0.39, 0.29) is 22.7 Å². The highest BCUT2D eigenvalue weighted by Crippen LogP contribution is 2.66. The van der Waals surface area contributed by atoms with E-state index in [2.05, 4.69) is 19.9 Å². The van der Waals surface area contributed by atoms with Crippen LogP contribution in [0.5, 0.6) is 0 Å². The van der Waals surface area contributed by atoms with Crippen molar-refractivity contribution < 1.29 is 79.2 Å². The maximum absolute atomic E-state index is 12.6. The number of carbonyl (C=O) groups excluding carboxylic acids is 1. The highest BCUT2D eigenvalue weighted by molar-refractivity contribution is 5.95. The van der Waals surface area contributed by atoms with E-state index >= 15 is 0 Å². The molecule has 0 spiro atoms. The number of ether oxygens (including phenoxy) is 6. The summed E-state index contributed by atoms with van der Waals surface area (Å²) in [6.07, 6.45) is -13.7. The summed E-state index contributed by atoms with van der Waals surface area (Å²) in [5, 5.41) is 95.1. The van der Waals surface area contributed by atoms with Gasteiger partial charge in [0.2, 0.25) is 0 Å². The summed E-state index contributed by atoms with van der Waals surface area (Å²) < 4.78 is 36.1. The summed E-state index contributed by atoms with van der Waals surface area (Å²) in [6, 6.07) is 0. The van der Waals surface area contributed by atoms with Crippen LogP contribution in [0, 0.1) is 34.5 Å². The molecular formula is C39H62O16. The summed E-state index contributed by atoms with van der Waals surface area (Å²) in [5.74, 6) is 2.00. The zero-order valence-corrected chi connectivity index (χ0v) is 32.1. The topological polar surface area (TPSA) is 255 Å². The molecule has 55 heavy (non-hydrogen) atoms. The van der Waals surface area contributed by atoms with Gasteiger partial charge in [-0.25, -0.2) is 0 Å². The minimum atomic E-state index is -1.81. The monoisotopic (exact) mass is 786 g/mol. The average Bonchev–Trinajstić information content (AvgIpc) is 3.52. The highest BCUT2D eigenvalue weighted by atomic mass is 16.8. The Morgan fingerprint density at radius 2 is 1.35 bits per heavy atom. The lowest BCUT2D eigenvalue weighted by Crippen LogP contribution is -2.67. The van der Waals surface area contributed by atoms with Gasteiger partial charge in [-0.15, -0.1) is 0 Å². The Kier molecular flexibility index (Phi) is 12.3. The summed E-state index contributed by atoms with van der Waals surface area (Å²) in [6.45, 7) is 6.44. The highest BCUT2D eigenvalue weighted by Gasteiger charge is 2.60. The molecule has 7 unspecified atom stereocenters. The van der Waals surface area contributed by atoms with Crippen LogP contribution < -0.4 is 0 Å². The predicted octanol–water partition coefficient (Wildman–Crippen LogP) is -0.984. The largest absolute Gasteiger partial charge is 0.394 e. The van der Waals surface area contributed by atoms with Crippen molar-refractivity contribution in [2.75, 3.05) is 13.2 Å². The summed E-state index contributed by atoms with van der Waals surface area (Å²) in [5.41, 5.74) is 0.986. The normalized spacial score (nSPS) is 54.2. The first-order chi connectivity index (χ1) is 26.0. The van der Waals surface area contributed by atoms with E-state index in [0.717, 1.165) is 44.1 Å². The fourth-order valence-electron chi connectivity index (χ4n) is 11.7. The van der Waals surface area contributed by atoms with Gasteiger partial charge in [0.05, 0.1) is 25.4 Å². The van der Waals surface area contributed by atoms with Crippen LogP contribution in [0.2, 0.25) is 0 Å². The second-order valence-electron chi connectivity index (χ2n) is 17.9. The third kappa shape index (κ3) is 7.28. The van der Waals surface area contributed by atoms with Gasteiger partial charge in [0.25, 0.3) is 0 Å². The molecule has 16 nitrogen and oxygen atoms in total. The quantitative estimate of drug-likeness (QED) is 0.127. The number of Topliss-reactive ketones (excluding diaryl/α,β-unsaturated/α-hetero) is 1. The number of aliphatic hydroxyl groups excluding tert-OH is 9. The van der Waals surface area contributed by atoms with Gasteiger partial charge in [-0.2, -0.15) is 0 Å². The van der Waals surface area contributed by atoms with Gasteiger partial charge in [-0.1, -0.05) is 19.9 Å². The van der Waals surface area contributed by atoms with Gasteiger partial charge in [0.1, 0.15) is 67.1 Å². The van der Waals surface area contributed by atoms with Gasteiger partial charge in [0, 0.05) is 0 Å². The SMILES string of the molecule is CC(=O)C1=CCC2C3CCC4CC(O[C@@H]5O[C@H](CO)[C@@H](O[C@@H]6O[C@@H](C)[C@H](O)[C@@H](O)[C@H]6O)[C@H](O)[C@H]5O[C@@H]5O[C@H](CO)[C@@H](O)[C@H](O)[C@H]5O)CCC4(C)C3CCC12C. The van der Waals surface area contributed by atoms with E-state index in [1.165, 1.54) is 6.92 Å². The molecule has 7 aliphatic rings. The number of hydrogen-bond acceptors (Lipinski definition) is 16. The molecule has 0 amide bonds. The zero-order chi connectivity index (χ0) is 39.7. The molecular weight excluding hydrogens is 724 g/mol. The number of ketones is 1. The lowest BCUT2D eigenvalue weighted by atomic mass is 9.44. The van der Waals surface area contributed by atoms with E-state index in [9.17, 15) is 50.8 Å². The Balaban J connectivity index is 1.09. The van der Waals surface area contributed by atoms with Crippen LogP contribution in [0.15, 0.2) is 11.6 Å². The molecule has 0 aromatic heterocycles. The number of rotatable bonds is 9. The van der Waals surface area contributed by atoms with Crippen molar-refractivity contribution in [3.05, 3.63) is 11.6 Å². The first-order valence-corrected chi connectivity index (χ1v) is 20.2. The average molecular weight is 787 g/mol. The molecule has 9 N–H and O–H groups in total. The van der Waals surface area contributed by atoms with Crippen molar-refractivity contribution in [2.45, 2.75) is 177 Å².